The van der Waals surface area contributed by atoms with Crippen molar-refractivity contribution < 1.29 is 9.53 Å². The lowest BCUT2D eigenvalue weighted by atomic mass is 10.00. The molecule has 0 amide bonds. The normalized spacial score (nSPS) is 17.4. The molecule has 0 aromatic heterocycles. The molecule has 0 radical (unpaired) electrons. The number of aryl methyl sites for hydroxylation is 2. The van der Waals surface area contributed by atoms with E-state index in [0.717, 1.165) is 18.4 Å². The summed E-state index contributed by atoms with van der Waals surface area (Å²) in [7, 11) is 1.45. The molecule has 1 atom stereocenters. The van der Waals surface area contributed by atoms with Crippen LogP contribution in [0.25, 0.3) is 0 Å². The first-order valence-corrected chi connectivity index (χ1v) is 7.03. The minimum Gasteiger partial charge on any atom is -0.468 e. The van der Waals surface area contributed by atoms with Crippen molar-refractivity contribution in [1.29, 1.82) is 0 Å². The predicted octanol–water partition coefficient (Wildman–Crippen LogP) is 3.05. The SMILES string of the molecule is COC(=O)C(NC1CCCC1)c1ccc(C)c(C)c1. The van der Waals surface area contributed by atoms with Gasteiger partial charge in [-0.2, -0.15) is 0 Å². The standard InChI is InChI=1S/C16H23NO2/c1-11-8-9-13(10-12(11)2)15(16(18)19-3)17-14-6-4-5-7-14/h8-10,14-15,17H,4-7H2,1-3H3. The summed E-state index contributed by atoms with van der Waals surface area (Å²) in [5.41, 5.74) is 3.45. The van der Waals surface area contributed by atoms with Crippen molar-refractivity contribution in [2.75, 3.05) is 7.11 Å². The molecule has 1 unspecified atom stereocenters. The first-order chi connectivity index (χ1) is 9.11. The number of carbonyl (C=O) groups is 1. The van der Waals surface area contributed by atoms with E-state index in [2.05, 4.69) is 31.3 Å². The molecule has 1 N–H and O–H groups in total. The lowest BCUT2D eigenvalue weighted by Gasteiger charge is -2.22. The Kier molecular flexibility index (Phi) is 4.59. The zero-order chi connectivity index (χ0) is 13.8. The molecule has 3 heteroatoms. The summed E-state index contributed by atoms with van der Waals surface area (Å²) < 4.78 is 4.95. The second-order valence-electron chi connectivity index (χ2n) is 5.45. The number of esters is 1. The van der Waals surface area contributed by atoms with Crippen LogP contribution in [0.1, 0.15) is 48.4 Å². The Morgan fingerprint density at radius 3 is 2.53 bits per heavy atom. The van der Waals surface area contributed by atoms with E-state index < -0.39 is 0 Å². The molecule has 1 aromatic rings. The quantitative estimate of drug-likeness (QED) is 0.847. The van der Waals surface area contributed by atoms with E-state index in [0.29, 0.717) is 6.04 Å². The lowest BCUT2D eigenvalue weighted by Crippen LogP contribution is -2.36. The van der Waals surface area contributed by atoms with Crippen LogP contribution in [-0.2, 0) is 9.53 Å². The van der Waals surface area contributed by atoms with Gasteiger partial charge >= 0.3 is 5.97 Å². The van der Waals surface area contributed by atoms with E-state index >= 15 is 0 Å². The van der Waals surface area contributed by atoms with Crippen LogP contribution in [0.5, 0.6) is 0 Å². The maximum Gasteiger partial charge on any atom is 0.327 e. The van der Waals surface area contributed by atoms with Crippen molar-refractivity contribution >= 4 is 5.97 Å². The van der Waals surface area contributed by atoms with E-state index in [4.69, 9.17) is 4.74 Å². The van der Waals surface area contributed by atoms with Gasteiger partial charge in [-0.05, 0) is 43.4 Å². The summed E-state index contributed by atoms with van der Waals surface area (Å²) in [6, 6.07) is 6.26. The fourth-order valence-corrected chi connectivity index (χ4v) is 2.69. The first kappa shape index (κ1) is 14.1. The molecule has 3 nitrogen and oxygen atoms in total. The van der Waals surface area contributed by atoms with Gasteiger partial charge in [0.25, 0.3) is 0 Å². The van der Waals surface area contributed by atoms with Crippen molar-refractivity contribution in [1.82, 2.24) is 5.32 Å². The molecule has 104 valence electrons. The lowest BCUT2D eigenvalue weighted by molar-refractivity contribution is -0.143. The zero-order valence-corrected chi connectivity index (χ0v) is 12.0. The van der Waals surface area contributed by atoms with Gasteiger partial charge in [-0.15, -0.1) is 0 Å². The minimum atomic E-state index is -0.340. The van der Waals surface area contributed by atoms with Gasteiger partial charge < -0.3 is 4.74 Å². The van der Waals surface area contributed by atoms with Gasteiger partial charge in [0.05, 0.1) is 7.11 Å². The molecule has 0 spiro atoms. The molecular weight excluding hydrogens is 238 g/mol. The second kappa shape index (κ2) is 6.20. The Hall–Kier alpha value is -1.35. The van der Waals surface area contributed by atoms with Gasteiger partial charge in [0.1, 0.15) is 6.04 Å². The molecule has 1 aliphatic carbocycles. The van der Waals surface area contributed by atoms with Crippen LogP contribution < -0.4 is 5.32 Å². The van der Waals surface area contributed by atoms with E-state index in [1.54, 1.807) is 0 Å². The van der Waals surface area contributed by atoms with Gasteiger partial charge in [0, 0.05) is 6.04 Å². The Bertz CT molecular complexity index is 450. The summed E-state index contributed by atoms with van der Waals surface area (Å²) >= 11 is 0. The molecule has 0 heterocycles. The molecule has 2 rings (SSSR count). The highest BCUT2D eigenvalue weighted by molar-refractivity contribution is 5.77. The van der Waals surface area contributed by atoms with E-state index in [1.165, 1.54) is 31.1 Å². The topological polar surface area (TPSA) is 38.3 Å². The highest BCUT2D eigenvalue weighted by Crippen LogP contribution is 2.24. The fourth-order valence-electron chi connectivity index (χ4n) is 2.69. The maximum atomic E-state index is 12.0. The molecule has 0 aliphatic heterocycles. The van der Waals surface area contributed by atoms with E-state index in [1.807, 2.05) is 6.07 Å². The molecule has 1 aromatic carbocycles. The number of hydrogen-bond donors (Lipinski definition) is 1. The number of methoxy groups -OCH3 is 1. The Balaban J connectivity index is 2.20. The van der Waals surface area contributed by atoms with Gasteiger partial charge in [0.15, 0.2) is 0 Å². The summed E-state index contributed by atoms with van der Waals surface area (Å²) in [5, 5.41) is 3.46. The maximum absolute atomic E-state index is 12.0. The summed E-state index contributed by atoms with van der Waals surface area (Å²) in [4.78, 5) is 12.0. The molecule has 0 saturated heterocycles. The highest BCUT2D eigenvalue weighted by atomic mass is 16.5. The van der Waals surface area contributed by atoms with Crippen LogP contribution in [0.4, 0.5) is 0 Å². The summed E-state index contributed by atoms with van der Waals surface area (Å²) in [6.45, 7) is 4.15. The van der Waals surface area contributed by atoms with Crippen molar-refractivity contribution in [3.05, 3.63) is 34.9 Å². The van der Waals surface area contributed by atoms with Gasteiger partial charge in [-0.25, -0.2) is 4.79 Å². The fraction of sp³-hybridized carbons (Fsp3) is 0.562. The molecule has 1 aliphatic rings. The molecule has 19 heavy (non-hydrogen) atoms. The van der Waals surface area contributed by atoms with Crippen LogP contribution >= 0.6 is 0 Å². The van der Waals surface area contributed by atoms with Crippen molar-refractivity contribution in [3.63, 3.8) is 0 Å². The summed E-state index contributed by atoms with van der Waals surface area (Å²) in [5.74, 6) is -0.199. The largest absolute Gasteiger partial charge is 0.468 e. The van der Waals surface area contributed by atoms with Crippen LogP contribution in [0.3, 0.4) is 0 Å². The van der Waals surface area contributed by atoms with Crippen LogP contribution in [0.15, 0.2) is 18.2 Å². The highest BCUT2D eigenvalue weighted by Gasteiger charge is 2.26. The van der Waals surface area contributed by atoms with Gasteiger partial charge in [0.2, 0.25) is 0 Å². The summed E-state index contributed by atoms with van der Waals surface area (Å²) in [6.07, 6.45) is 4.80. The Morgan fingerprint density at radius 1 is 1.26 bits per heavy atom. The van der Waals surface area contributed by atoms with Crippen LogP contribution in [-0.4, -0.2) is 19.1 Å². The second-order valence-corrected chi connectivity index (χ2v) is 5.45. The first-order valence-electron chi connectivity index (χ1n) is 7.03. The van der Waals surface area contributed by atoms with E-state index in [9.17, 15) is 4.79 Å². The molecular formula is C16H23NO2. The number of benzene rings is 1. The average Bonchev–Trinajstić information content (AvgIpc) is 2.91. The average molecular weight is 261 g/mol. The van der Waals surface area contributed by atoms with Crippen molar-refractivity contribution in [2.45, 2.75) is 51.6 Å². The number of carbonyl (C=O) groups excluding carboxylic acids is 1. The van der Waals surface area contributed by atoms with Gasteiger partial charge in [-0.1, -0.05) is 31.0 Å². The number of ether oxygens (including phenoxy) is 1. The third-order valence-corrected chi connectivity index (χ3v) is 4.06. The Morgan fingerprint density at radius 2 is 1.95 bits per heavy atom. The van der Waals surface area contributed by atoms with Crippen LogP contribution in [0.2, 0.25) is 0 Å². The van der Waals surface area contributed by atoms with Crippen LogP contribution in [0, 0.1) is 13.8 Å². The predicted molar refractivity (Wildman–Crippen MR) is 76.1 cm³/mol. The van der Waals surface area contributed by atoms with E-state index in [-0.39, 0.29) is 12.0 Å². The van der Waals surface area contributed by atoms with Crippen molar-refractivity contribution in [3.8, 4) is 0 Å². The number of rotatable bonds is 4. The number of nitrogens with one attached hydrogen (secondary N) is 1. The Labute approximate surface area is 115 Å². The zero-order valence-electron chi connectivity index (χ0n) is 12.0. The third kappa shape index (κ3) is 3.35. The molecule has 1 fully saturated rings. The number of hydrogen-bond acceptors (Lipinski definition) is 3. The monoisotopic (exact) mass is 261 g/mol. The molecule has 1 saturated carbocycles. The van der Waals surface area contributed by atoms with Gasteiger partial charge in [-0.3, -0.25) is 5.32 Å². The van der Waals surface area contributed by atoms with Crippen molar-refractivity contribution in [2.24, 2.45) is 0 Å². The third-order valence-electron chi connectivity index (χ3n) is 4.06. The molecule has 0 bridgehead atoms. The minimum absolute atomic E-state index is 0.199. The smallest absolute Gasteiger partial charge is 0.327 e.